The molecule has 0 amide bonds. The van der Waals surface area contributed by atoms with Crippen molar-refractivity contribution in [1.82, 2.24) is 5.32 Å². The quantitative estimate of drug-likeness (QED) is 0.767. The monoisotopic (exact) mass is 345 g/mol. The highest BCUT2D eigenvalue weighted by molar-refractivity contribution is 5.87. The standard InChI is InChI=1S/C20H27NO4/c1-3-16(20(22)23)17-10-14(12-21-17)13-8-9-18(24-2)19(11-13)25-15-6-4-5-7-15/h8-9,11,14-15,21H,3-7,10,12H2,1-2H3,(H,22,23)/b17-16+. The Morgan fingerprint density at radius 2 is 2.04 bits per heavy atom. The zero-order valence-corrected chi connectivity index (χ0v) is 15.0. The maximum absolute atomic E-state index is 11.4. The summed E-state index contributed by atoms with van der Waals surface area (Å²) in [7, 11) is 1.66. The molecule has 2 N–H and O–H groups in total. The number of carboxylic acid groups (broad SMARTS) is 1. The number of carboxylic acids is 1. The van der Waals surface area contributed by atoms with Crippen molar-refractivity contribution in [2.24, 2.45) is 0 Å². The third-order valence-electron chi connectivity index (χ3n) is 5.24. The number of nitrogens with one attached hydrogen (secondary N) is 1. The van der Waals surface area contributed by atoms with Gasteiger partial charge in [-0.1, -0.05) is 13.0 Å². The predicted molar refractivity (Wildman–Crippen MR) is 96.2 cm³/mol. The van der Waals surface area contributed by atoms with E-state index >= 15 is 0 Å². The van der Waals surface area contributed by atoms with E-state index in [1.165, 1.54) is 12.8 Å². The van der Waals surface area contributed by atoms with Crippen LogP contribution in [0.2, 0.25) is 0 Å². The summed E-state index contributed by atoms with van der Waals surface area (Å²) in [6.07, 6.45) is 6.19. The van der Waals surface area contributed by atoms with Gasteiger partial charge in [0.2, 0.25) is 0 Å². The second-order valence-electron chi connectivity index (χ2n) is 6.83. The lowest BCUT2D eigenvalue weighted by molar-refractivity contribution is -0.132. The lowest BCUT2D eigenvalue weighted by Gasteiger charge is -2.18. The van der Waals surface area contributed by atoms with E-state index in [0.29, 0.717) is 12.0 Å². The van der Waals surface area contributed by atoms with E-state index in [1.807, 2.05) is 13.0 Å². The van der Waals surface area contributed by atoms with Crippen molar-refractivity contribution in [3.05, 3.63) is 35.0 Å². The van der Waals surface area contributed by atoms with Crippen molar-refractivity contribution in [3.63, 3.8) is 0 Å². The molecule has 5 heteroatoms. The predicted octanol–water partition coefficient (Wildman–Crippen LogP) is 3.84. The Morgan fingerprint density at radius 3 is 2.68 bits per heavy atom. The highest BCUT2D eigenvalue weighted by Gasteiger charge is 2.26. The molecule has 0 bridgehead atoms. The first kappa shape index (κ1) is 17.6. The highest BCUT2D eigenvalue weighted by atomic mass is 16.5. The van der Waals surface area contributed by atoms with E-state index in [9.17, 15) is 9.90 Å². The van der Waals surface area contributed by atoms with Crippen molar-refractivity contribution in [1.29, 1.82) is 0 Å². The van der Waals surface area contributed by atoms with Crippen LogP contribution in [0.4, 0.5) is 0 Å². The molecule has 1 unspecified atom stereocenters. The number of ether oxygens (including phenoxy) is 2. The summed E-state index contributed by atoms with van der Waals surface area (Å²) in [5.41, 5.74) is 2.50. The molecule has 2 aliphatic rings. The van der Waals surface area contributed by atoms with Gasteiger partial charge in [-0.25, -0.2) is 4.79 Å². The molecule has 1 heterocycles. The van der Waals surface area contributed by atoms with Gasteiger partial charge >= 0.3 is 5.97 Å². The number of aliphatic carboxylic acids is 1. The second-order valence-corrected chi connectivity index (χ2v) is 6.83. The Labute approximate surface area is 149 Å². The summed E-state index contributed by atoms with van der Waals surface area (Å²) in [6, 6.07) is 6.08. The molecule has 1 aromatic carbocycles. The lowest BCUT2D eigenvalue weighted by Crippen LogP contribution is -2.13. The van der Waals surface area contributed by atoms with Gasteiger partial charge < -0.3 is 19.9 Å². The third kappa shape index (κ3) is 3.91. The minimum atomic E-state index is -0.828. The molecule has 1 atom stereocenters. The van der Waals surface area contributed by atoms with E-state index < -0.39 is 5.97 Å². The van der Waals surface area contributed by atoms with E-state index in [-0.39, 0.29) is 12.0 Å². The summed E-state index contributed by atoms with van der Waals surface area (Å²) in [5, 5.41) is 12.6. The Balaban J connectivity index is 1.79. The minimum Gasteiger partial charge on any atom is -0.493 e. The molecule has 136 valence electrons. The molecule has 3 rings (SSSR count). The van der Waals surface area contributed by atoms with Crippen molar-refractivity contribution in [3.8, 4) is 11.5 Å². The topological polar surface area (TPSA) is 67.8 Å². The van der Waals surface area contributed by atoms with Crippen LogP contribution in [0, 0.1) is 0 Å². The van der Waals surface area contributed by atoms with Crippen LogP contribution in [0.5, 0.6) is 11.5 Å². The van der Waals surface area contributed by atoms with Gasteiger partial charge in [0, 0.05) is 18.2 Å². The van der Waals surface area contributed by atoms with Crippen LogP contribution in [0.25, 0.3) is 0 Å². The smallest absolute Gasteiger partial charge is 0.333 e. The van der Waals surface area contributed by atoms with E-state index in [1.54, 1.807) is 7.11 Å². The normalized spacial score (nSPS) is 22.6. The van der Waals surface area contributed by atoms with Crippen molar-refractivity contribution >= 4 is 5.97 Å². The summed E-state index contributed by atoms with van der Waals surface area (Å²) in [4.78, 5) is 11.4. The van der Waals surface area contributed by atoms with Gasteiger partial charge in [0.1, 0.15) is 0 Å². The molecule has 5 nitrogen and oxygen atoms in total. The first-order valence-corrected chi connectivity index (χ1v) is 9.16. The van der Waals surface area contributed by atoms with Crippen LogP contribution >= 0.6 is 0 Å². The zero-order chi connectivity index (χ0) is 17.8. The number of allylic oxidation sites excluding steroid dienone is 1. The highest BCUT2D eigenvalue weighted by Crippen LogP contribution is 2.37. The largest absolute Gasteiger partial charge is 0.493 e. The molecule has 1 saturated heterocycles. The van der Waals surface area contributed by atoms with Gasteiger partial charge in [0.25, 0.3) is 0 Å². The zero-order valence-electron chi connectivity index (χ0n) is 15.0. The van der Waals surface area contributed by atoms with Crippen LogP contribution in [0.3, 0.4) is 0 Å². The second kappa shape index (κ2) is 7.81. The average molecular weight is 345 g/mol. The van der Waals surface area contributed by atoms with E-state index in [4.69, 9.17) is 9.47 Å². The molecule has 1 aliphatic heterocycles. The molecule has 0 spiro atoms. The van der Waals surface area contributed by atoms with Crippen molar-refractivity contribution in [2.45, 2.75) is 57.5 Å². The van der Waals surface area contributed by atoms with Crippen molar-refractivity contribution in [2.75, 3.05) is 13.7 Å². The maximum atomic E-state index is 11.4. The first-order chi connectivity index (χ1) is 12.1. The summed E-state index contributed by atoms with van der Waals surface area (Å²) in [5.74, 6) is 0.994. The summed E-state index contributed by atoms with van der Waals surface area (Å²) in [6.45, 7) is 2.63. The number of hydrogen-bond donors (Lipinski definition) is 2. The van der Waals surface area contributed by atoms with Crippen LogP contribution in [-0.4, -0.2) is 30.8 Å². The molecular weight excluding hydrogens is 318 g/mol. The molecule has 0 aromatic heterocycles. The fourth-order valence-corrected chi connectivity index (χ4v) is 3.82. The summed E-state index contributed by atoms with van der Waals surface area (Å²) < 4.78 is 11.6. The molecule has 25 heavy (non-hydrogen) atoms. The number of rotatable bonds is 6. The van der Waals surface area contributed by atoms with Gasteiger partial charge in [0.15, 0.2) is 11.5 Å². The van der Waals surface area contributed by atoms with E-state index in [0.717, 1.165) is 48.6 Å². The Kier molecular flexibility index (Phi) is 5.51. The van der Waals surface area contributed by atoms with Gasteiger partial charge in [0.05, 0.1) is 18.8 Å². The van der Waals surface area contributed by atoms with Crippen molar-refractivity contribution < 1.29 is 19.4 Å². The molecule has 2 fully saturated rings. The molecule has 1 aliphatic carbocycles. The molecule has 1 saturated carbocycles. The first-order valence-electron chi connectivity index (χ1n) is 9.16. The fourth-order valence-electron chi connectivity index (χ4n) is 3.82. The van der Waals surface area contributed by atoms with Crippen LogP contribution in [0.15, 0.2) is 29.5 Å². The van der Waals surface area contributed by atoms with E-state index in [2.05, 4.69) is 17.4 Å². The lowest BCUT2D eigenvalue weighted by atomic mass is 9.95. The fraction of sp³-hybridized carbons (Fsp3) is 0.550. The third-order valence-corrected chi connectivity index (χ3v) is 5.24. The van der Waals surface area contributed by atoms with Crippen LogP contribution < -0.4 is 14.8 Å². The van der Waals surface area contributed by atoms with Gasteiger partial charge in [-0.15, -0.1) is 0 Å². The van der Waals surface area contributed by atoms with Gasteiger partial charge in [-0.05, 0) is 56.2 Å². The Hall–Kier alpha value is -2.17. The molecular formula is C20H27NO4. The SMILES string of the molecule is CC/C(C(=O)O)=C1/CC(c2ccc(OC)c(OC3CCCC3)c2)CN1. The van der Waals surface area contributed by atoms with Crippen LogP contribution in [-0.2, 0) is 4.79 Å². The maximum Gasteiger partial charge on any atom is 0.333 e. The number of carbonyl (C=O) groups is 1. The summed E-state index contributed by atoms with van der Waals surface area (Å²) >= 11 is 0. The molecule has 1 aromatic rings. The Morgan fingerprint density at radius 1 is 1.28 bits per heavy atom. The minimum absolute atomic E-state index is 0.257. The average Bonchev–Trinajstić information content (AvgIpc) is 3.27. The molecule has 0 radical (unpaired) electrons. The Bertz CT molecular complexity index is 662. The number of hydrogen-bond acceptors (Lipinski definition) is 4. The van der Waals surface area contributed by atoms with Gasteiger partial charge in [-0.2, -0.15) is 0 Å². The van der Waals surface area contributed by atoms with Crippen LogP contribution in [0.1, 0.15) is 56.9 Å². The number of benzene rings is 1. The number of methoxy groups -OCH3 is 1. The van der Waals surface area contributed by atoms with Gasteiger partial charge in [-0.3, -0.25) is 0 Å².